The standard InChI is InChI=1S/C25H49NO4/c1-6-8-9-10-11-12-13-14-15-16-17-18-20-29-24(27)23(21-22(3)4)26(5)25(28)30-19-7-2/h22-23H,6-21H2,1-5H3. The van der Waals surface area contributed by atoms with Crippen molar-refractivity contribution < 1.29 is 19.1 Å². The van der Waals surface area contributed by atoms with E-state index in [4.69, 9.17) is 9.47 Å². The molecule has 0 aliphatic heterocycles. The maximum absolute atomic E-state index is 12.5. The molecule has 0 heterocycles. The second-order valence-corrected chi connectivity index (χ2v) is 8.93. The molecule has 0 aromatic carbocycles. The molecule has 0 N–H and O–H groups in total. The predicted octanol–water partition coefficient (Wildman–Crippen LogP) is 7.12. The van der Waals surface area contributed by atoms with Crippen LogP contribution in [0.5, 0.6) is 0 Å². The van der Waals surface area contributed by atoms with E-state index in [9.17, 15) is 9.59 Å². The lowest BCUT2D eigenvalue weighted by molar-refractivity contribution is -0.149. The molecular weight excluding hydrogens is 378 g/mol. The summed E-state index contributed by atoms with van der Waals surface area (Å²) in [4.78, 5) is 26.0. The summed E-state index contributed by atoms with van der Waals surface area (Å²) in [7, 11) is 1.62. The van der Waals surface area contributed by atoms with Crippen LogP contribution in [0.15, 0.2) is 0 Å². The number of hydrogen-bond donors (Lipinski definition) is 0. The van der Waals surface area contributed by atoms with Crippen LogP contribution in [0.25, 0.3) is 0 Å². The van der Waals surface area contributed by atoms with Crippen LogP contribution in [0.4, 0.5) is 4.79 Å². The van der Waals surface area contributed by atoms with Crippen LogP contribution in [0, 0.1) is 5.92 Å². The Hall–Kier alpha value is -1.26. The number of nitrogens with zero attached hydrogens (tertiary/aromatic N) is 1. The molecule has 5 nitrogen and oxygen atoms in total. The third-order valence-corrected chi connectivity index (χ3v) is 5.39. The van der Waals surface area contributed by atoms with Crippen molar-refractivity contribution in [3.63, 3.8) is 0 Å². The van der Waals surface area contributed by atoms with Crippen molar-refractivity contribution in [3.8, 4) is 0 Å². The zero-order valence-corrected chi connectivity index (χ0v) is 20.5. The van der Waals surface area contributed by atoms with E-state index in [0.29, 0.717) is 19.6 Å². The third kappa shape index (κ3) is 15.6. The van der Waals surface area contributed by atoms with Gasteiger partial charge in [0.1, 0.15) is 6.04 Å². The quantitative estimate of drug-likeness (QED) is 0.163. The van der Waals surface area contributed by atoms with E-state index in [1.54, 1.807) is 7.05 Å². The Labute approximate surface area is 186 Å². The molecular formula is C25H49NO4. The second-order valence-electron chi connectivity index (χ2n) is 8.93. The summed E-state index contributed by atoms with van der Waals surface area (Å²) < 4.78 is 10.7. The molecule has 0 radical (unpaired) electrons. The van der Waals surface area contributed by atoms with Gasteiger partial charge >= 0.3 is 12.1 Å². The SMILES string of the molecule is CCCCCCCCCCCCCCOC(=O)C(CC(C)C)N(C)C(=O)OCCC. The van der Waals surface area contributed by atoms with Gasteiger partial charge in [-0.15, -0.1) is 0 Å². The lowest BCUT2D eigenvalue weighted by Crippen LogP contribution is -2.44. The highest BCUT2D eigenvalue weighted by Gasteiger charge is 2.29. The Balaban J connectivity index is 3.92. The number of esters is 1. The molecule has 0 aromatic heterocycles. The van der Waals surface area contributed by atoms with E-state index >= 15 is 0 Å². The lowest BCUT2D eigenvalue weighted by atomic mass is 10.0. The molecule has 0 aliphatic carbocycles. The molecule has 0 bridgehead atoms. The number of carbonyl (C=O) groups excluding carboxylic acids is 2. The van der Waals surface area contributed by atoms with Crippen LogP contribution in [0.1, 0.15) is 118 Å². The van der Waals surface area contributed by atoms with E-state index in [1.807, 2.05) is 20.8 Å². The van der Waals surface area contributed by atoms with Gasteiger partial charge < -0.3 is 9.47 Å². The first-order chi connectivity index (χ1) is 14.4. The fourth-order valence-corrected chi connectivity index (χ4v) is 3.49. The van der Waals surface area contributed by atoms with Gasteiger partial charge in [-0.05, 0) is 25.2 Å². The fourth-order valence-electron chi connectivity index (χ4n) is 3.49. The Morgan fingerprint density at radius 1 is 0.700 bits per heavy atom. The third-order valence-electron chi connectivity index (χ3n) is 5.39. The molecule has 0 fully saturated rings. The van der Waals surface area contributed by atoms with Crippen LogP contribution in [0.3, 0.4) is 0 Å². The van der Waals surface area contributed by atoms with E-state index in [2.05, 4.69) is 6.92 Å². The highest BCUT2D eigenvalue weighted by Crippen LogP contribution is 2.15. The summed E-state index contributed by atoms with van der Waals surface area (Å²) >= 11 is 0. The van der Waals surface area contributed by atoms with Crippen molar-refractivity contribution >= 4 is 12.1 Å². The minimum absolute atomic E-state index is 0.288. The largest absolute Gasteiger partial charge is 0.464 e. The molecule has 1 atom stereocenters. The Kier molecular flexibility index (Phi) is 18.9. The topological polar surface area (TPSA) is 55.8 Å². The second kappa shape index (κ2) is 19.7. The number of amides is 1. The Morgan fingerprint density at radius 2 is 1.20 bits per heavy atom. The van der Waals surface area contributed by atoms with Crippen LogP contribution in [0.2, 0.25) is 0 Å². The summed E-state index contributed by atoms with van der Waals surface area (Å²) in [5, 5.41) is 0. The number of unbranched alkanes of at least 4 members (excludes halogenated alkanes) is 11. The summed E-state index contributed by atoms with van der Waals surface area (Å²) in [5.41, 5.74) is 0. The summed E-state index contributed by atoms with van der Waals surface area (Å²) in [6.07, 6.45) is 16.2. The van der Waals surface area contributed by atoms with Crippen molar-refractivity contribution in [2.45, 2.75) is 124 Å². The first-order valence-corrected chi connectivity index (χ1v) is 12.5. The minimum atomic E-state index is -0.577. The molecule has 0 spiro atoms. The van der Waals surface area contributed by atoms with Gasteiger partial charge in [0.05, 0.1) is 13.2 Å². The molecule has 0 aliphatic rings. The molecule has 5 heteroatoms. The molecule has 0 saturated carbocycles. The molecule has 0 rings (SSSR count). The lowest BCUT2D eigenvalue weighted by Gasteiger charge is -2.27. The number of rotatable bonds is 19. The van der Waals surface area contributed by atoms with Gasteiger partial charge in [-0.25, -0.2) is 9.59 Å². The van der Waals surface area contributed by atoms with Gasteiger partial charge in [0, 0.05) is 7.05 Å². The number of likely N-dealkylation sites (N-methyl/N-ethyl adjacent to an activating group) is 1. The van der Waals surface area contributed by atoms with Gasteiger partial charge in [0.25, 0.3) is 0 Å². The smallest absolute Gasteiger partial charge is 0.410 e. The van der Waals surface area contributed by atoms with Crippen molar-refractivity contribution in [1.82, 2.24) is 4.90 Å². The Morgan fingerprint density at radius 3 is 1.67 bits per heavy atom. The Bertz CT molecular complexity index is 425. The minimum Gasteiger partial charge on any atom is -0.464 e. The van der Waals surface area contributed by atoms with Crippen LogP contribution in [-0.4, -0.2) is 43.3 Å². The molecule has 1 unspecified atom stereocenters. The van der Waals surface area contributed by atoms with E-state index in [-0.39, 0.29) is 11.9 Å². The first-order valence-electron chi connectivity index (χ1n) is 12.5. The summed E-state index contributed by atoms with van der Waals surface area (Å²) in [5.74, 6) is -0.0293. The monoisotopic (exact) mass is 427 g/mol. The van der Waals surface area contributed by atoms with Crippen LogP contribution in [-0.2, 0) is 14.3 Å². The zero-order chi connectivity index (χ0) is 22.6. The fraction of sp³-hybridized carbons (Fsp3) is 0.920. The van der Waals surface area contributed by atoms with Crippen molar-refractivity contribution in [1.29, 1.82) is 0 Å². The van der Waals surface area contributed by atoms with Gasteiger partial charge in [0.2, 0.25) is 0 Å². The maximum atomic E-state index is 12.5. The van der Waals surface area contributed by atoms with E-state index < -0.39 is 12.1 Å². The highest BCUT2D eigenvalue weighted by molar-refractivity contribution is 5.81. The van der Waals surface area contributed by atoms with Crippen molar-refractivity contribution in [2.24, 2.45) is 5.92 Å². The van der Waals surface area contributed by atoms with Crippen LogP contribution < -0.4 is 0 Å². The normalized spacial score (nSPS) is 12.1. The number of ether oxygens (including phenoxy) is 2. The van der Waals surface area contributed by atoms with Gasteiger partial charge in [0.15, 0.2) is 0 Å². The highest BCUT2D eigenvalue weighted by atomic mass is 16.6. The molecule has 0 saturated heterocycles. The number of hydrogen-bond acceptors (Lipinski definition) is 4. The predicted molar refractivity (Wildman–Crippen MR) is 125 cm³/mol. The molecule has 1 amide bonds. The summed E-state index contributed by atoms with van der Waals surface area (Å²) in [6, 6.07) is -0.577. The maximum Gasteiger partial charge on any atom is 0.410 e. The van der Waals surface area contributed by atoms with Crippen molar-refractivity contribution in [3.05, 3.63) is 0 Å². The number of carbonyl (C=O) groups is 2. The van der Waals surface area contributed by atoms with E-state index in [1.165, 1.54) is 69.1 Å². The van der Waals surface area contributed by atoms with Crippen molar-refractivity contribution in [2.75, 3.05) is 20.3 Å². The molecule has 30 heavy (non-hydrogen) atoms. The van der Waals surface area contributed by atoms with Gasteiger partial charge in [-0.1, -0.05) is 98.3 Å². The van der Waals surface area contributed by atoms with Gasteiger partial charge in [-0.3, -0.25) is 4.90 Å². The zero-order valence-electron chi connectivity index (χ0n) is 20.5. The average Bonchev–Trinajstić information content (AvgIpc) is 2.72. The van der Waals surface area contributed by atoms with Gasteiger partial charge in [-0.2, -0.15) is 0 Å². The van der Waals surface area contributed by atoms with Crippen LogP contribution >= 0.6 is 0 Å². The molecule has 178 valence electrons. The average molecular weight is 428 g/mol. The first kappa shape index (κ1) is 28.7. The van der Waals surface area contributed by atoms with E-state index in [0.717, 1.165) is 19.3 Å². The summed E-state index contributed by atoms with van der Waals surface area (Å²) in [6.45, 7) is 9.08. The molecule has 0 aromatic rings.